The van der Waals surface area contributed by atoms with Crippen molar-refractivity contribution in [3.05, 3.63) is 28.8 Å². The Balaban J connectivity index is 2.19. The minimum atomic E-state index is 0.387. The smallest absolute Gasteiger partial charge is 0.104 e. The van der Waals surface area contributed by atoms with Crippen LogP contribution in [0.25, 0.3) is 0 Å². The summed E-state index contributed by atoms with van der Waals surface area (Å²) in [5, 5.41) is 0.727. The van der Waals surface area contributed by atoms with Crippen LogP contribution in [0.2, 0.25) is 5.02 Å². The van der Waals surface area contributed by atoms with Gasteiger partial charge in [-0.05, 0) is 45.1 Å². The standard InChI is InChI=1S/C14H20ClN3S/c1-17(2)11-4-3-7-18(9-11)13-6-5-10(14(16)19)8-12(13)15/h5-6,8,11H,3-4,7,9H2,1-2H3,(H2,16,19). The van der Waals surface area contributed by atoms with Crippen LogP contribution >= 0.6 is 23.8 Å². The van der Waals surface area contributed by atoms with E-state index in [0.29, 0.717) is 11.0 Å². The number of rotatable bonds is 3. The first kappa shape index (κ1) is 14.6. The summed E-state index contributed by atoms with van der Waals surface area (Å²) in [4.78, 5) is 5.02. The molecule has 0 bridgehead atoms. The average Bonchev–Trinajstić information content (AvgIpc) is 2.38. The fraction of sp³-hybridized carbons (Fsp3) is 0.500. The molecule has 0 saturated carbocycles. The van der Waals surface area contributed by atoms with E-state index in [-0.39, 0.29) is 0 Å². The molecule has 0 radical (unpaired) electrons. The van der Waals surface area contributed by atoms with Crippen LogP contribution in [0.1, 0.15) is 18.4 Å². The van der Waals surface area contributed by atoms with E-state index in [2.05, 4.69) is 23.9 Å². The van der Waals surface area contributed by atoms with Crippen LogP contribution in [0.4, 0.5) is 5.69 Å². The molecule has 0 aromatic heterocycles. The van der Waals surface area contributed by atoms with Crippen LogP contribution in [-0.4, -0.2) is 43.1 Å². The Bertz CT molecular complexity index is 476. The Morgan fingerprint density at radius 2 is 2.21 bits per heavy atom. The van der Waals surface area contributed by atoms with Crippen molar-refractivity contribution in [2.75, 3.05) is 32.1 Å². The van der Waals surface area contributed by atoms with Crippen molar-refractivity contribution in [1.82, 2.24) is 4.90 Å². The Hall–Kier alpha value is -0.840. The third-order valence-corrected chi connectivity index (χ3v) is 4.24. The summed E-state index contributed by atoms with van der Waals surface area (Å²) in [5.74, 6) is 0. The van der Waals surface area contributed by atoms with Crippen molar-refractivity contribution in [1.29, 1.82) is 0 Å². The van der Waals surface area contributed by atoms with Gasteiger partial charge in [0.2, 0.25) is 0 Å². The number of benzene rings is 1. The number of anilines is 1. The second-order valence-electron chi connectivity index (χ2n) is 5.24. The lowest BCUT2D eigenvalue weighted by molar-refractivity contribution is 0.258. The van der Waals surface area contributed by atoms with Gasteiger partial charge < -0.3 is 15.5 Å². The third kappa shape index (κ3) is 3.38. The minimum absolute atomic E-state index is 0.387. The molecule has 19 heavy (non-hydrogen) atoms. The highest BCUT2D eigenvalue weighted by Crippen LogP contribution is 2.29. The Kier molecular flexibility index (Phi) is 4.66. The molecule has 104 valence electrons. The zero-order valence-electron chi connectivity index (χ0n) is 11.4. The molecule has 1 saturated heterocycles. The van der Waals surface area contributed by atoms with Crippen molar-refractivity contribution in [2.45, 2.75) is 18.9 Å². The van der Waals surface area contributed by atoms with E-state index in [1.54, 1.807) is 0 Å². The number of nitrogens with zero attached hydrogens (tertiary/aromatic N) is 2. The Morgan fingerprint density at radius 3 is 2.79 bits per heavy atom. The molecule has 1 aliphatic rings. The lowest BCUT2D eigenvalue weighted by Crippen LogP contribution is -2.45. The zero-order valence-corrected chi connectivity index (χ0v) is 13.0. The molecule has 1 aliphatic heterocycles. The van der Waals surface area contributed by atoms with Crippen molar-refractivity contribution in [2.24, 2.45) is 5.73 Å². The van der Waals surface area contributed by atoms with Gasteiger partial charge in [-0.3, -0.25) is 0 Å². The number of hydrogen-bond donors (Lipinski definition) is 1. The van der Waals surface area contributed by atoms with Gasteiger partial charge in [-0.2, -0.15) is 0 Å². The summed E-state index contributed by atoms with van der Waals surface area (Å²) in [7, 11) is 4.26. The second kappa shape index (κ2) is 6.07. The topological polar surface area (TPSA) is 32.5 Å². The van der Waals surface area contributed by atoms with Gasteiger partial charge in [0.15, 0.2) is 0 Å². The number of piperidine rings is 1. The van der Waals surface area contributed by atoms with E-state index in [9.17, 15) is 0 Å². The van der Waals surface area contributed by atoms with E-state index in [4.69, 9.17) is 29.6 Å². The molecule has 2 rings (SSSR count). The van der Waals surface area contributed by atoms with Gasteiger partial charge in [0, 0.05) is 24.7 Å². The lowest BCUT2D eigenvalue weighted by Gasteiger charge is -2.37. The second-order valence-corrected chi connectivity index (χ2v) is 6.08. The predicted octanol–water partition coefficient (Wildman–Crippen LogP) is 2.50. The first-order valence-corrected chi connectivity index (χ1v) is 7.28. The molecule has 1 heterocycles. The third-order valence-electron chi connectivity index (χ3n) is 3.70. The zero-order chi connectivity index (χ0) is 14.0. The van der Waals surface area contributed by atoms with Crippen LogP contribution in [0.15, 0.2) is 18.2 Å². The van der Waals surface area contributed by atoms with Crippen LogP contribution < -0.4 is 10.6 Å². The normalized spacial score (nSPS) is 19.8. The highest BCUT2D eigenvalue weighted by atomic mass is 35.5. The fourth-order valence-electron chi connectivity index (χ4n) is 2.51. The summed E-state index contributed by atoms with van der Waals surface area (Å²) in [6.07, 6.45) is 2.43. The van der Waals surface area contributed by atoms with Gasteiger partial charge >= 0.3 is 0 Å². The van der Waals surface area contributed by atoms with Crippen LogP contribution in [0.5, 0.6) is 0 Å². The molecule has 1 aromatic rings. The molecule has 0 amide bonds. The summed E-state index contributed by atoms with van der Waals surface area (Å²) >= 11 is 11.3. The first-order chi connectivity index (χ1) is 8.99. The quantitative estimate of drug-likeness (QED) is 0.869. The molecule has 0 aliphatic carbocycles. The number of hydrogen-bond acceptors (Lipinski definition) is 3. The van der Waals surface area contributed by atoms with Crippen molar-refractivity contribution < 1.29 is 0 Å². The average molecular weight is 298 g/mol. The van der Waals surface area contributed by atoms with E-state index < -0.39 is 0 Å². The molecule has 1 atom stereocenters. The van der Waals surface area contributed by atoms with Gasteiger partial charge in [-0.15, -0.1) is 0 Å². The summed E-state index contributed by atoms with van der Waals surface area (Å²) in [6, 6.07) is 6.41. The van der Waals surface area contributed by atoms with E-state index in [0.717, 1.165) is 29.4 Å². The van der Waals surface area contributed by atoms with E-state index in [1.165, 1.54) is 12.8 Å². The molecule has 2 N–H and O–H groups in total. The first-order valence-electron chi connectivity index (χ1n) is 6.50. The van der Waals surface area contributed by atoms with Crippen LogP contribution in [0.3, 0.4) is 0 Å². The molecule has 0 spiro atoms. The molecule has 3 nitrogen and oxygen atoms in total. The van der Waals surface area contributed by atoms with E-state index >= 15 is 0 Å². The lowest BCUT2D eigenvalue weighted by atomic mass is 10.0. The minimum Gasteiger partial charge on any atom is -0.389 e. The van der Waals surface area contributed by atoms with Gasteiger partial charge in [0.25, 0.3) is 0 Å². The summed E-state index contributed by atoms with van der Waals surface area (Å²) < 4.78 is 0. The highest BCUT2D eigenvalue weighted by molar-refractivity contribution is 7.80. The van der Waals surface area contributed by atoms with E-state index in [1.807, 2.05) is 18.2 Å². The van der Waals surface area contributed by atoms with Gasteiger partial charge in [-0.1, -0.05) is 23.8 Å². The molecular weight excluding hydrogens is 278 g/mol. The molecule has 5 heteroatoms. The van der Waals surface area contributed by atoms with Crippen molar-refractivity contribution in [3.8, 4) is 0 Å². The Morgan fingerprint density at radius 1 is 1.47 bits per heavy atom. The van der Waals surface area contributed by atoms with Crippen LogP contribution in [0, 0.1) is 0 Å². The maximum atomic E-state index is 6.36. The number of nitrogens with two attached hydrogens (primary N) is 1. The molecule has 1 unspecified atom stereocenters. The maximum Gasteiger partial charge on any atom is 0.104 e. The number of halogens is 1. The monoisotopic (exact) mass is 297 g/mol. The maximum absolute atomic E-state index is 6.36. The summed E-state index contributed by atoms with van der Waals surface area (Å²) in [6.45, 7) is 2.07. The highest BCUT2D eigenvalue weighted by Gasteiger charge is 2.22. The predicted molar refractivity (Wildman–Crippen MR) is 86.3 cm³/mol. The molecular formula is C14H20ClN3S. The summed E-state index contributed by atoms with van der Waals surface area (Å²) in [5.41, 5.74) is 7.53. The van der Waals surface area contributed by atoms with Crippen molar-refractivity contribution in [3.63, 3.8) is 0 Å². The van der Waals surface area contributed by atoms with Gasteiger partial charge in [-0.25, -0.2) is 0 Å². The van der Waals surface area contributed by atoms with Gasteiger partial charge in [0.1, 0.15) is 4.99 Å². The molecule has 1 aromatic carbocycles. The largest absolute Gasteiger partial charge is 0.389 e. The number of thiocarbonyl (C=S) groups is 1. The Labute approximate surface area is 125 Å². The molecule has 1 fully saturated rings. The fourth-order valence-corrected chi connectivity index (χ4v) is 2.94. The number of likely N-dealkylation sites (N-methyl/N-ethyl adjacent to an activating group) is 1. The SMILES string of the molecule is CN(C)C1CCCN(c2ccc(C(N)=S)cc2Cl)C1. The van der Waals surface area contributed by atoms with Crippen molar-refractivity contribution >= 4 is 34.5 Å². The van der Waals surface area contributed by atoms with Crippen LogP contribution in [-0.2, 0) is 0 Å². The van der Waals surface area contributed by atoms with Gasteiger partial charge in [0.05, 0.1) is 10.7 Å².